The van der Waals surface area contributed by atoms with Gasteiger partial charge in [-0.15, -0.1) is 0 Å². The van der Waals surface area contributed by atoms with E-state index in [2.05, 4.69) is 0 Å². The topological polar surface area (TPSA) is 87.1 Å². The quantitative estimate of drug-likeness (QED) is 0.311. The Kier molecular flexibility index (Phi) is 7.59. The minimum Gasteiger partial charge on any atom is -0.505 e. The van der Waals surface area contributed by atoms with Crippen LogP contribution in [0.15, 0.2) is 34.9 Å². The Balaban J connectivity index is 1.36. The zero-order valence-electron chi connectivity index (χ0n) is 21.8. The van der Waals surface area contributed by atoms with Gasteiger partial charge in [-0.05, 0) is 81.0 Å². The third-order valence-corrected chi connectivity index (χ3v) is 8.95. The number of allylic oxidation sites excluding steroid dienone is 2. The van der Waals surface area contributed by atoms with Crippen LogP contribution in [-0.4, -0.2) is 46.1 Å². The predicted octanol–water partition coefficient (Wildman–Crippen LogP) is 5.25. The summed E-state index contributed by atoms with van der Waals surface area (Å²) < 4.78 is 19.8. The molecule has 5 rings (SSSR count). The summed E-state index contributed by atoms with van der Waals surface area (Å²) in [6.45, 7) is 4.09. The smallest absolute Gasteiger partial charge is 0.455 e. The van der Waals surface area contributed by atoms with Gasteiger partial charge >= 0.3 is 7.12 Å². The number of phenols is 1. The Morgan fingerprint density at radius 3 is 2.65 bits per heavy atom. The number of phenolic OH excluding ortho intramolecular Hbond substituents is 1. The molecule has 0 bridgehead atoms. The first-order valence-electron chi connectivity index (χ1n) is 13.9. The fourth-order valence-electron chi connectivity index (χ4n) is 7.16. The molecule has 2 aliphatic heterocycles. The molecule has 0 aromatic heterocycles. The molecule has 6 nitrogen and oxygen atoms in total. The summed E-state index contributed by atoms with van der Waals surface area (Å²) in [5, 5.41) is 20.1. The molecule has 2 aliphatic carbocycles. The Labute approximate surface area is 218 Å². The minimum atomic E-state index is -0.975. The van der Waals surface area contributed by atoms with Crippen molar-refractivity contribution < 1.29 is 28.8 Å². The van der Waals surface area contributed by atoms with Crippen LogP contribution in [0.3, 0.4) is 0 Å². The Bertz CT molecular complexity index is 1130. The summed E-state index contributed by atoms with van der Waals surface area (Å²) in [6.07, 6.45) is 9.67. The molecule has 198 valence electrons. The van der Waals surface area contributed by atoms with E-state index in [0.29, 0.717) is 31.1 Å². The number of carbonyl (C=O) groups is 2. The maximum atomic E-state index is 13.8. The largest absolute Gasteiger partial charge is 0.505 e. The highest BCUT2D eigenvalue weighted by molar-refractivity contribution is 6.43. The maximum absolute atomic E-state index is 13.8. The van der Waals surface area contributed by atoms with Crippen molar-refractivity contribution in [3.63, 3.8) is 0 Å². The van der Waals surface area contributed by atoms with Gasteiger partial charge in [0.05, 0.1) is 17.9 Å². The van der Waals surface area contributed by atoms with Gasteiger partial charge in [-0.3, -0.25) is 14.5 Å². The number of fused-ring (bicyclic) bond motifs is 3. The number of aromatic hydroxyl groups is 1. The second-order valence-corrected chi connectivity index (χ2v) is 11.2. The monoisotopic (exact) mass is 509 g/mol. The summed E-state index contributed by atoms with van der Waals surface area (Å²) in [7, 11) is -0.975. The minimum absolute atomic E-state index is 0.0184. The summed E-state index contributed by atoms with van der Waals surface area (Å²) in [5.74, 6) is -2.01. The number of benzene rings is 1. The molecule has 1 aromatic rings. The average molecular weight is 509 g/mol. The molecule has 0 radical (unpaired) electrons. The Morgan fingerprint density at radius 1 is 1.19 bits per heavy atom. The zero-order valence-corrected chi connectivity index (χ0v) is 21.8. The molecule has 2 N–H and O–H groups in total. The van der Waals surface area contributed by atoms with E-state index in [1.54, 1.807) is 11.0 Å². The van der Waals surface area contributed by atoms with Crippen molar-refractivity contribution in [1.82, 2.24) is 4.90 Å². The zero-order chi connectivity index (χ0) is 26.3. The molecule has 0 spiro atoms. The molecule has 0 unspecified atom stereocenters. The summed E-state index contributed by atoms with van der Waals surface area (Å²) in [6, 6.07) is 4.37. The van der Waals surface area contributed by atoms with Crippen LogP contribution in [0.1, 0.15) is 77.2 Å². The first-order valence-corrected chi connectivity index (χ1v) is 13.9. The number of imide groups is 1. The number of nitrogens with zero attached hydrogens (tertiary/aromatic N) is 1. The van der Waals surface area contributed by atoms with E-state index in [1.807, 2.05) is 19.9 Å². The Morgan fingerprint density at radius 2 is 1.95 bits per heavy atom. The second-order valence-electron chi connectivity index (χ2n) is 11.2. The molecule has 8 heteroatoms. The molecule has 2 amide bonds. The van der Waals surface area contributed by atoms with Crippen LogP contribution in [0, 0.1) is 23.6 Å². The van der Waals surface area contributed by atoms with Gasteiger partial charge in [-0.1, -0.05) is 49.5 Å². The molecule has 2 heterocycles. The van der Waals surface area contributed by atoms with Gasteiger partial charge in [0, 0.05) is 6.04 Å². The lowest BCUT2D eigenvalue weighted by atomic mass is 9.58. The standard InChI is InChI=1S/C29H37BFNO5/c1-3-18(14-19-9-11-24(33)23(31)15-19)10-12-25-26-17(2)13-21-27(22(26)16-30(36)37-25)29(35)32(28(21)34)20-7-5-4-6-8-20/h9,11,14-15,20-22,25,27,33,36H,3-8,10,12-13,16H2,1-2H3/b18-14+/t21-,22+,25-,27-/m1/s1. The molecule has 37 heavy (non-hydrogen) atoms. The van der Waals surface area contributed by atoms with Gasteiger partial charge in [-0.25, -0.2) is 4.39 Å². The van der Waals surface area contributed by atoms with Crippen molar-refractivity contribution in [3.8, 4) is 5.75 Å². The first-order chi connectivity index (χ1) is 17.8. The van der Waals surface area contributed by atoms with Gasteiger partial charge < -0.3 is 14.8 Å². The van der Waals surface area contributed by atoms with Gasteiger partial charge in [0.1, 0.15) is 0 Å². The maximum Gasteiger partial charge on any atom is 0.455 e. The van der Waals surface area contributed by atoms with Crippen molar-refractivity contribution in [3.05, 3.63) is 46.3 Å². The normalized spacial score (nSPS) is 29.1. The van der Waals surface area contributed by atoms with Gasteiger partial charge in [0.15, 0.2) is 11.6 Å². The number of hydrogen-bond donors (Lipinski definition) is 2. The van der Waals surface area contributed by atoms with Crippen molar-refractivity contribution in [1.29, 1.82) is 0 Å². The van der Waals surface area contributed by atoms with Crippen LogP contribution >= 0.6 is 0 Å². The Hall–Kier alpha value is -2.45. The number of hydrogen-bond acceptors (Lipinski definition) is 5. The molecule has 3 fully saturated rings. The number of likely N-dealkylation sites (tertiary alicyclic amines) is 1. The highest BCUT2D eigenvalue weighted by Gasteiger charge is 2.57. The predicted molar refractivity (Wildman–Crippen MR) is 140 cm³/mol. The molecular formula is C29H37BFNO5. The third-order valence-electron chi connectivity index (χ3n) is 8.95. The van der Waals surface area contributed by atoms with E-state index in [-0.39, 0.29) is 41.5 Å². The molecule has 4 aliphatic rings. The lowest BCUT2D eigenvalue weighted by Crippen LogP contribution is -2.46. The summed E-state index contributed by atoms with van der Waals surface area (Å²) in [5.41, 5.74) is 3.98. The molecule has 1 saturated carbocycles. The van der Waals surface area contributed by atoms with Gasteiger partial charge in [0.25, 0.3) is 0 Å². The number of carbonyl (C=O) groups excluding carboxylic acids is 2. The second kappa shape index (κ2) is 10.7. The molecule has 1 aromatic carbocycles. The number of amides is 2. The third kappa shape index (κ3) is 5.02. The highest BCUT2D eigenvalue weighted by Crippen LogP contribution is 2.51. The fourth-order valence-corrected chi connectivity index (χ4v) is 7.16. The van der Waals surface area contributed by atoms with Crippen LogP contribution in [0.5, 0.6) is 5.75 Å². The number of rotatable bonds is 6. The number of halogens is 1. The summed E-state index contributed by atoms with van der Waals surface area (Å²) in [4.78, 5) is 28.7. The van der Waals surface area contributed by atoms with Crippen molar-refractivity contribution >= 4 is 25.0 Å². The van der Waals surface area contributed by atoms with Crippen molar-refractivity contribution in [2.45, 2.75) is 90.1 Å². The van der Waals surface area contributed by atoms with Crippen LogP contribution in [0.25, 0.3) is 6.08 Å². The van der Waals surface area contributed by atoms with Gasteiger partial charge in [0.2, 0.25) is 11.8 Å². The van der Waals surface area contributed by atoms with Crippen molar-refractivity contribution in [2.24, 2.45) is 17.8 Å². The summed E-state index contributed by atoms with van der Waals surface area (Å²) >= 11 is 0. The lowest BCUT2D eigenvalue weighted by molar-refractivity contribution is -0.143. The van der Waals surface area contributed by atoms with Gasteiger partial charge in [-0.2, -0.15) is 0 Å². The molecule has 2 saturated heterocycles. The van der Waals surface area contributed by atoms with E-state index in [4.69, 9.17) is 4.65 Å². The molecule has 4 atom stereocenters. The van der Waals surface area contributed by atoms with Crippen molar-refractivity contribution in [2.75, 3.05) is 0 Å². The average Bonchev–Trinajstić information content (AvgIpc) is 3.13. The van der Waals surface area contributed by atoms with Crippen LogP contribution < -0.4 is 0 Å². The van der Waals surface area contributed by atoms with Crippen LogP contribution in [0.2, 0.25) is 6.32 Å². The van der Waals surface area contributed by atoms with Crippen LogP contribution in [0.4, 0.5) is 4.39 Å². The lowest BCUT2D eigenvalue weighted by Gasteiger charge is -2.42. The fraction of sp³-hybridized carbons (Fsp3) is 0.586. The van der Waals surface area contributed by atoms with E-state index >= 15 is 0 Å². The molecular weight excluding hydrogens is 472 g/mol. The SMILES string of the molecule is CC/C(=C\c1ccc(O)c(F)c1)CC[C@H]1OB(O)C[C@H]2C1=C(C)C[C@H]1C(=O)N(C3CCCCC3)C(=O)[C@H]12. The van der Waals surface area contributed by atoms with E-state index < -0.39 is 18.9 Å². The first kappa shape index (κ1) is 26.2. The van der Waals surface area contributed by atoms with E-state index in [1.165, 1.54) is 12.1 Å². The highest BCUT2D eigenvalue weighted by atomic mass is 19.1. The van der Waals surface area contributed by atoms with Crippen LogP contribution in [-0.2, 0) is 14.2 Å². The van der Waals surface area contributed by atoms with E-state index in [9.17, 15) is 24.1 Å². The van der Waals surface area contributed by atoms with E-state index in [0.717, 1.165) is 55.2 Å².